The minimum Gasteiger partial charge on any atom is -0.369 e. The summed E-state index contributed by atoms with van der Waals surface area (Å²) >= 11 is 0. The standard InChI is InChI=1S/C9H17NO/c1-7-3-9(4-7)6-10-5-8(2)11-9/h7-8,10H,3-6H2,1-2H3. The normalized spacial score (nSPS) is 50.7. The van der Waals surface area contributed by atoms with Gasteiger partial charge in [0.1, 0.15) is 0 Å². The molecule has 2 nitrogen and oxygen atoms in total. The third kappa shape index (κ3) is 1.30. The van der Waals surface area contributed by atoms with Crippen LogP contribution in [0.4, 0.5) is 0 Å². The molecule has 1 N–H and O–H groups in total. The molecule has 1 aliphatic heterocycles. The lowest BCUT2D eigenvalue weighted by Crippen LogP contribution is -2.59. The average molecular weight is 155 g/mol. The number of morpholine rings is 1. The lowest BCUT2D eigenvalue weighted by Gasteiger charge is -2.50. The summed E-state index contributed by atoms with van der Waals surface area (Å²) in [6.45, 7) is 6.54. The van der Waals surface area contributed by atoms with E-state index in [2.05, 4.69) is 19.2 Å². The topological polar surface area (TPSA) is 21.3 Å². The maximum Gasteiger partial charge on any atom is 0.0815 e. The number of nitrogens with one attached hydrogen (secondary N) is 1. The maximum absolute atomic E-state index is 5.92. The maximum atomic E-state index is 5.92. The summed E-state index contributed by atoms with van der Waals surface area (Å²) in [5.74, 6) is 0.877. The first-order valence-corrected chi connectivity index (χ1v) is 4.59. The molecule has 1 aliphatic carbocycles. The summed E-state index contributed by atoms with van der Waals surface area (Å²) in [6, 6.07) is 0. The van der Waals surface area contributed by atoms with Gasteiger partial charge in [-0.3, -0.25) is 0 Å². The van der Waals surface area contributed by atoms with E-state index in [9.17, 15) is 0 Å². The van der Waals surface area contributed by atoms with Gasteiger partial charge < -0.3 is 10.1 Å². The van der Waals surface area contributed by atoms with Crippen molar-refractivity contribution < 1.29 is 4.74 Å². The van der Waals surface area contributed by atoms with Crippen LogP contribution in [0, 0.1) is 5.92 Å². The SMILES string of the molecule is CC1CC2(CNCC(C)O2)C1. The highest BCUT2D eigenvalue weighted by Crippen LogP contribution is 2.41. The van der Waals surface area contributed by atoms with Crippen LogP contribution in [0.5, 0.6) is 0 Å². The molecule has 0 aromatic rings. The molecule has 1 heterocycles. The lowest BCUT2D eigenvalue weighted by molar-refractivity contribution is -0.170. The molecule has 64 valence electrons. The van der Waals surface area contributed by atoms with Crippen molar-refractivity contribution in [2.75, 3.05) is 13.1 Å². The van der Waals surface area contributed by atoms with Crippen LogP contribution < -0.4 is 5.32 Å². The van der Waals surface area contributed by atoms with Gasteiger partial charge >= 0.3 is 0 Å². The van der Waals surface area contributed by atoms with Crippen molar-refractivity contribution in [2.45, 2.75) is 38.4 Å². The number of rotatable bonds is 0. The predicted octanol–water partition coefficient (Wildman–Crippen LogP) is 1.16. The van der Waals surface area contributed by atoms with Crippen LogP contribution in [0.3, 0.4) is 0 Å². The van der Waals surface area contributed by atoms with E-state index >= 15 is 0 Å². The van der Waals surface area contributed by atoms with Gasteiger partial charge in [0.15, 0.2) is 0 Å². The lowest BCUT2D eigenvalue weighted by atomic mass is 9.71. The van der Waals surface area contributed by atoms with Crippen molar-refractivity contribution in [3.05, 3.63) is 0 Å². The summed E-state index contributed by atoms with van der Waals surface area (Å²) in [5.41, 5.74) is 0.233. The zero-order valence-corrected chi connectivity index (χ0v) is 7.39. The van der Waals surface area contributed by atoms with Gasteiger partial charge in [-0.25, -0.2) is 0 Å². The molecule has 2 fully saturated rings. The van der Waals surface area contributed by atoms with Gasteiger partial charge in [-0.05, 0) is 25.7 Å². The highest BCUT2D eigenvalue weighted by Gasteiger charge is 2.45. The summed E-state index contributed by atoms with van der Waals surface area (Å²) in [7, 11) is 0. The summed E-state index contributed by atoms with van der Waals surface area (Å²) < 4.78 is 5.92. The predicted molar refractivity (Wildman–Crippen MR) is 44.5 cm³/mol. The summed E-state index contributed by atoms with van der Waals surface area (Å²) in [6.07, 6.45) is 2.92. The Hall–Kier alpha value is -0.0800. The van der Waals surface area contributed by atoms with Gasteiger partial charge in [-0.1, -0.05) is 6.92 Å². The van der Waals surface area contributed by atoms with Crippen molar-refractivity contribution in [2.24, 2.45) is 5.92 Å². The zero-order chi connectivity index (χ0) is 7.90. The highest BCUT2D eigenvalue weighted by molar-refractivity contribution is 4.98. The van der Waals surface area contributed by atoms with E-state index in [1.807, 2.05) is 0 Å². The Labute approximate surface area is 68.3 Å². The van der Waals surface area contributed by atoms with Crippen molar-refractivity contribution in [1.82, 2.24) is 5.32 Å². The molecule has 1 spiro atoms. The first kappa shape index (κ1) is 7.56. The van der Waals surface area contributed by atoms with Crippen LogP contribution in [0.25, 0.3) is 0 Å². The fourth-order valence-corrected chi connectivity index (χ4v) is 2.46. The number of hydrogen-bond acceptors (Lipinski definition) is 2. The average Bonchev–Trinajstić information content (AvgIpc) is 1.84. The summed E-state index contributed by atoms with van der Waals surface area (Å²) in [5, 5.41) is 3.42. The smallest absolute Gasteiger partial charge is 0.0815 e. The second kappa shape index (κ2) is 2.46. The van der Waals surface area contributed by atoms with E-state index in [1.165, 1.54) is 12.8 Å². The van der Waals surface area contributed by atoms with E-state index in [1.54, 1.807) is 0 Å². The van der Waals surface area contributed by atoms with Gasteiger partial charge in [0.25, 0.3) is 0 Å². The highest BCUT2D eigenvalue weighted by atomic mass is 16.5. The molecule has 1 unspecified atom stereocenters. The molecule has 11 heavy (non-hydrogen) atoms. The molecule has 0 amide bonds. The number of ether oxygens (including phenoxy) is 1. The molecular weight excluding hydrogens is 138 g/mol. The van der Waals surface area contributed by atoms with Crippen LogP contribution >= 0.6 is 0 Å². The van der Waals surface area contributed by atoms with E-state index < -0.39 is 0 Å². The third-order valence-corrected chi connectivity index (χ3v) is 2.77. The fourth-order valence-electron chi connectivity index (χ4n) is 2.46. The second-order valence-corrected chi connectivity index (χ2v) is 4.26. The minimum absolute atomic E-state index is 0.233. The van der Waals surface area contributed by atoms with Gasteiger partial charge in [0, 0.05) is 13.1 Å². The molecule has 0 radical (unpaired) electrons. The van der Waals surface area contributed by atoms with Crippen molar-refractivity contribution in [1.29, 1.82) is 0 Å². The Morgan fingerprint density at radius 2 is 2.09 bits per heavy atom. The van der Waals surface area contributed by atoms with Gasteiger partial charge in [-0.15, -0.1) is 0 Å². The third-order valence-electron chi connectivity index (χ3n) is 2.77. The van der Waals surface area contributed by atoms with E-state index in [0.29, 0.717) is 6.10 Å². The Balaban J connectivity index is 1.93. The molecular formula is C9H17NO. The van der Waals surface area contributed by atoms with Crippen LogP contribution in [-0.4, -0.2) is 24.8 Å². The molecule has 0 aromatic heterocycles. The van der Waals surface area contributed by atoms with E-state index in [-0.39, 0.29) is 5.60 Å². The molecule has 2 aliphatic rings. The van der Waals surface area contributed by atoms with Crippen molar-refractivity contribution in [3.63, 3.8) is 0 Å². The van der Waals surface area contributed by atoms with Crippen LogP contribution in [0.2, 0.25) is 0 Å². The minimum atomic E-state index is 0.233. The number of hydrogen-bond donors (Lipinski definition) is 1. The second-order valence-electron chi connectivity index (χ2n) is 4.26. The molecule has 1 saturated carbocycles. The van der Waals surface area contributed by atoms with Crippen molar-refractivity contribution >= 4 is 0 Å². The summed E-state index contributed by atoms with van der Waals surface area (Å²) in [4.78, 5) is 0. The molecule has 0 bridgehead atoms. The fraction of sp³-hybridized carbons (Fsp3) is 1.00. The van der Waals surface area contributed by atoms with Crippen LogP contribution in [0.1, 0.15) is 26.7 Å². The quantitative estimate of drug-likeness (QED) is 0.567. The Kier molecular flexibility index (Phi) is 1.69. The first-order valence-electron chi connectivity index (χ1n) is 4.59. The molecule has 1 atom stereocenters. The van der Waals surface area contributed by atoms with Gasteiger partial charge in [0.05, 0.1) is 11.7 Å². The van der Waals surface area contributed by atoms with E-state index in [4.69, 9.17) is 4.74 Å². The van der Waals surface area contributed by atoms with E-state index in [0.717, 1.165) is 19.0 Å². The first-order chi connectivity index (χ1) is 5.20. The Morgan fingerprint density at radius 1 is 1.36 bits per heavy atom. The molecule has 2 rings (SSSR count). The Bertz CT molecular complexity index is 146. The molecule has 1 saturated heterocycles. The van der Waals surface area contributed by atoms with Crippen molar-refractivity contribution in [3.8, 4) is 0 Å². The van der Waals surface area contributed by atoms with Crippen LogP contribution in [0.15, 0.2) is 0 Å². The van der Waals surface area contributed by atoms with Crippen LogP contribution in [-0.2, 0) is 4.74 Å². The van der Waals surface area contributed by atoms with Gasteiger partial charge in [-0.2, -0.15) is 0 Å². The van der Waals surface area contributed by atoms with Gasteiger partial charge in [0.2, 0.25) is 0 Å². The molecule has 0 aromatic carbocycles. The monoisotopic (exact) mass is 155 g/mol. The Morgan fingerprint density at radius 3 is 2.64 bits per heavy atom. The largest absolute Gasteiger partial charge is 0.369 e. The zero-order valence-electron chi connectivity index (χ0n) is 7.39. The molecule has 2 heteroatoms.